The summed E-state index contributed by atoms with van der Waals surface area (Å²) in [5.41, 5.74) is 3.67. The van der Waals surface area contributed by atoms with Gasteiger partial charge in [0.1, 0.15) is 11.9 Å². The predicted octanol–water partition coefficient (Wildman–Crippen LogP) is 5.44. The van der Waals surface area contributed by atoms with E-state index in [4.69, 9.17) is 0 Å². The lowest BCUT2D eigenvalue weighted by Crippen LogP contribution is -2.49. The maximum absolute atomic E-state index is 14.5. The number of likely N-dealkylation sites (N-methyl/N-ethyl adjacent to an activating group) is 1. The van der Waals surface area contributed by atoms with Gasteiger partial charge >= 0.3 is 0 Å². The molecule has 2 amide bonds. The molecule has 0 fully saturated rings. The summed E-state index contributed by atoms with van der Waals surface area (Å²) in [6.45, 7) is 6.52. The Bertz CT molecular complexity index is 1120. The van der Waals surface area contributed by atoms with Gasteiger partial charge in [0.05, 0.1) is 0 Å². The monoisotopic (exact) mass is 474 g/mol. The van der Waals surface area contributed by atoms with Crippen molar-refractivity contribution in [1.82, 2.24) is 10.2 Å². The summed E-state index contributed by atoms with van der Waals surface area (Å²) in [6, 6.07) is 23.5. The summed E-state index contributed by atoms with van der Waals surface area (Å²) >= 11 is 0. The summed E-state index contributed by atoms with van der Waals surface area (Å²) in [4.78, 5) is 28.0. The van der Waals surface area contributed by atoms with Gasteiger partial charge in [-0.15, -0.1) is 0 Å². The Morgan fingerprint density at radius 2 is 1.51 bits per heavy atom. The van der Waals surface area contributed by atoms with Crippen LogP contribution in [0.4, 0.5) is 4.39 Å². The maximum Gasteiger partial charge on any atom is 0.242 e. The zero-order valence-corrected chi connectivity index (χ0v) is 21.1. The third kappa shape index (κ3) is 7.25. The van der Waals surface area contributed by atoms with E-state index in [0.717, 1.165) is 11.1 Å². The fourth-order valence-corrected chi connectivity index (χ4v) is 4.10. The molecule has 0 aliphatic carbocycles. The Hall–Kier alpha value is -3.47. The molecule has 3 rings (SSSR count). The molecule has 0 unspecified atom stereocenters. The van der Waals surface area contributed by atoms with Gasteiger partial charge in [-0.05, 0) is 34.6 Å². The quantitative estimate of drug-likeness (QED) is 0.449. The van der Waals surface area contributed by atoms with Gasteiger partial charge in [0.2, 0.25) is 11.8 Å². The van der Waals surface area contributed by atoms with Gasteiger partial charge in [0, 0.05) is 32.0 Å². The lowest BCUT2D eigenvalue weighted by atomic mass is 9.86. The molecule has 0 aliphatic rings. The number of rotatable bonds is 9. The van der Waals surface area contributed by atoms with Crippen molar-refractivity contribution in [3.63, 3.8) is 0 Å². The zero-order valence-electron chi connectivity index (χ0n) is 21.1. The zero-order chi connectivity index (χ0) is 25.4. The van der Waals surface area contributed by atoms with E-state index in [9.17, 15) is 14.0 Å². The second-order valence-electron chi connectivity index (χ2n) is 9.88. The van der Waals surface area contributed by atoms with E-state index < -0.39 is 11.9 Å². The van der Waals surface area contributed by atoms with Crippen LogP contribution in [0.15, 0.2) is 78.9 Å². The molecule has 0 saturated heterocycles. The van der Waals surface area contributed by atoms with Gasteiger partial charge in [-0.3, -0.25) is 9.59 Å². The standard InChI is InChI=1S/C30H35FN2O2/c1-30(2,3)25-17-14-22(15-18-25)16-19-28(34)33(21-24-12-8-9-13-26(24)31)27(29(35)32-4)20-23-10-6-5-7-11-23/h5-15,17-18,27H,16,19-21H2,1-4H3,(H,32,35)/t27-/m1/s1. The number of amides is 2. The van der Waals surface area contributed by atoms with Crippen molar-refractivity contribution >= 4 is 11.8 Å². The number of nitrogens with zero attached hydrogens (tertiary/aromatic N) is 1. The third-order valence-corrected chi connectivity index (χ3v) is 6.26. The number of benzene rings is 3. The number of carbonyl (C=O) groups is 2. The largest absolute Gasteiger partial charge is 0.357 e. The van der Waals surface area contributed by atoms with Gasteiger partial charge in [0.15, 0.2) is 0 Å². The number of carbonyl (C=O) groups excluding carboxylic acids is 2. The van der Waals surface area contributed by atoms with Gasteiger partial charge < -0.3 is 10.2 Å². The molecule has 1 N–H and O–H groups in total. The highest BCUT2D eigenvalue weighted by molar-refractivity contribution is 5.88. The summed E-state index contributed by atoms with van der Waals surface area (Å²) in [5, 5.41) is 2.69. The van der Waals surface area contributed by atoms with Crippen molar-refractivity contribution in [2.24, 2.45) is 0 Å². The molecule has 1 atom stereocenters. The number of halogens is 1. The minimum Gasteiger partial charge on any atom is -0.357 e. The van der Waals surface area contributed by atoms with Gasteiger partial charge in [-0.1, -0.05) is 93.6 Å². The van der Waals surface area contributed by atoms with E-state index in [-0.39, 0.29) is 30.2 Å². The molecule has 0 bridgehead atoms. The Balaban J connectivity index is 1.85. The minimum atomic E-state index is -0.752. The van der Waals surface area contributed by atoms with Crippen LogP contribution in [0.1, 0.15) is 49.4 Å². The van der Waals surface area contributed by atoms with Crippen molar-refractivity contribution in [3.05, 3.63) is 107 Å². The summed E-state index contributed by atoms with van der Waals surface area (Å²) in [7, 11) is 1.56. The maximum atomic E-state index is 14.5. The minimum absolute atomic E-state index is 0.0272. The van der Waals surface area contributed by atoms with Crippen molar-refractivity contribution in [2.45, 2.75) is 58.0 Å². The first-order chi connectivity index (χ1) is 16.7. The second-order valence-corrected chi connectivity index (χ2v) is 9.88. The van der Waals surface area contributed by atoms with Crippen LogP contribution in [-0.4, -0.2) is 29.8 Å². The first kappa shape index (κ1) is 26.1. The van der Waals surface area contributed by atoms with Crippen LogP contribution in [0.25, 0.3) is 0 Å². The molecule has 0 spiro atoms. The predicted molar refractivity (Wildman–Crippen MR) is 138 cm³/mol. The average Bonchev–Trinajstić information content (AvgIpc) is 2.85. The van der Waals surface area contributed by atoms with E-state index in [0.29, 0.717) is 18.4 Å². The molecule has 35 heavy (non-hydrogen) atoms. The number of hydrogen-bond acceptors (Lipinski definition) is 2. The number of aryl methyl sites for hydroxylation is 1. The molecular formula is C30H35FN2O2. The molecule has 4 nitrogen and oxygen atoms in total. The lowest BCUT2D eigenvalue weighted by Gasteiger charge is -2.31. The molecule has 0 saturated carbocycles. The first-order valence-corrected chi connectivity index (χ1v) is 12.1. The van der Waals surface area contributed by atoms with Crippen molar-refractivity contribution < 1.29 is 14.0 Å². The van der Waals surface area contributed by atoms with Gasteiger partial charge in [-0.25, -0.2) is 4.39 Å². The molecule has 0 aliphatic heterocycles. The van der Waals surface area contributed by atoms with E-state index in [1.807, 2.05) is 30.3 Å². The van der Waals surface area contributed by atoms with Crippen molar-refractivity contribution in [2.75, 3.05) is 7.05 Å². The Morgan fingerprint density at radius 1 is 0.886 bits per heavy atom. The Labute approximate surface area is 208 Å². The number of hydrogen-bond donors (Lipinski definition) is 1. The normalized spacial score (nSPS) is 12.1. The van der Waals surface area contributed by atoms with E-state index in [2.05, 4.69) is 50.4 Å². The first-order valence-electron chi connectivity index (χ1n) is 12.1. The summed E-state index contributed by atoms with van der Waals surface area (Å²) in [5.74, 6) is -0.843. The topological polar surface area (TPSA) is 49.4 Å². The number of nitrogens with one attached hydrogen (secondary N) is 1. The highest BCUT2D eigenvalue weighted by atomic mass is 19.1. The van der Waals surface area contributed by atoms with Crippen LogP contribution in [-0.2, 0) is 34.4 Å². The van der Waals surface area contributed by atoms with Crippen molar-refractivity contribution in [3.8, 4) is 0 Å². The molecule has 5 heteroatoms. The van der Waals surface area contributed by atoms with E-state index in [1.54, 1.807) is 25.2 Å². The molecule has 184 valence electrons. The third-order valence-electron chi connectivity index (χ3n) is 6.26. The van der Waals surface area contributed by atoms with Crippen LogP contribution in [0.5, 0.6) is 0 Å². The van der Waals surface area contributed by atoms with Crippen LogP contribution < -0.4 is 5.32 Å². The van der Waals surface area contributed by atoms with E-state index in [1.165, 1.54) is 16.5 Å². The van der Waals surface area contributed by atoms with Gasteiger partial charge in [0.25, 0.3) is 0 Å². The Kier molecular flexibility index (Phi) is 8.80. The van der Waals surface area contributed by atoms with Crippen LogP contribution in [0.3, 0.4) is 0 Å². The SMILES string of the molecule is CNC(=O)[C@@H](Cc1ccccc1)N(Cc1ccccc1F)C(=O)CCc1ccc(C(C)(C)C)cc1. The van der Waals surface area contributed by atoms with Crippen LogP contribution in [0, 0.1) is 5.82 Å². The molecule has 3 aromatic carbocycles. The highest BCUT2D eigenvalue weighted by Gasteiger charge is 2.30. The summed E-state index contributed by atoms with van der Waals surface area (Å²) in [6.07, 6.45) is 1.12. The fourth-order valence-electron chi connectivity index (χ4n) is 4.10. The molecular weight excluding hydrogens is 439 g/mol. The van der Waals surface area contributed by atoms with Crippen LogP contribution in [0.2, 0.25) is 0 Å². The summed E-state index contributed by atoms with van der Waals surface area (Å²) < 4.78 is 14.5. The van der Waals surface area contributed by atoms with Crippen molar-refractivity contribution in [1.29, 1.82) is 0 Å². The lowest BCUT2D eigenvalue weighted by molar-refractivity contribution is -0.141. The fraction of sp³-hybridized carbons (Fsp3) is 0.333. The molecule has 0 heterocycles. The Morgan fingerprint density at radius 3 is 2.11 bits per heavy atom. The smallest absolute Gasteiger partial charge is 0.242 e. The molecule has 0 radical (unpaired) electrons. The average molecular weight is 475 g/mol. The molecule has 0 aromatic heterocycles. The van der Waals surface area contributed by atoms with Crippen LogP contribution >= 0.6 is 0 Å². The highest BCUT2D eigenvalue weighted by Crippen LogP contribution is 2.23. The van der Waals surface area contributed by atoms with Gasteiger partial charge in [-0.2, -0.15) is 0 Å². The second kappa shape index (κ2) is 11.8. The van der Waals surface area contributed by atoms with E-state index >= 15 is 0 Å². The molecule has 3 aromatic rings.